The maximum atomic E-state index is 13.1. The first-order valence-corrected chi connectivity index (χ1v) is 19.8. The van der Waals surface area contributed by atoms with Crippen LogP contribution in [0.3, 0.4) is 0 Å². The molecule has 58 heavy (non-hydrogen) atoms. The topological polar surface area (TPSA) is 155 Å². The van der Waals surface area contributed by atoms with Crippen LogP contribution in [0.1, 0.15) is 77.8 Å². The molecule has 13 heteroatoms. The second-order valence-corrected chi connectivity index (χ2v) is 15.2. The largest absolute Gasteiger partial charge is 0.494 e. The van der Waals surface area contributed by atoms with Gasteiger partial charge in [0, 0.05) is 78.5 Å². The molecule has 294 valence electrons. The maximum absolute atomic E-state index is 13.1. The number of ether oxygens (including phenoxy) is 3. The van der Waals surface area contributed by atoms with Gasteiger partial charge in [0.25, 0.3) is 11.8 Å². The number of benzene rings is 2. The van der Waals surface area contributed by atoms with Gasteiger partial charge in [0.15, 0.2) is 0 Å². The van der Waals surface area contributed by atoms with Crippen molar-refractivity contribution in [1.29, 1.82) is 0 Å². The first-order chi connectivity index (χ1) is 28.3. The monoisotopic (exact) mass is 778 g/mol. The van der Waals surface area contributed by atoms with E-state index >= 15 is 0 Å². The first kappa shape index (κ1) is 37.0. The highest BCUT2D eigenvalue weighted by atomic mass is 16.5. The highest BCUT2D eigenvalue weighted by Gasteiger charge is 2.44. The quantitative estimate of drug-likeness (QED) is 0.0927. The molecular formula is C45H42N6O7. The second-order valence-electron chi connectivity index (χ2n) is 15.2. The van der Waals surface area contributed by atoms with Gasteiger partial charge in [-0.2, -0.15) is 0 Å². The fourth-order valence-electron chi connectivity index (χ4n) is 8.05. The predicted molar refractivity (Wildman–Crippen MR) is 215 cm³/mol. The molecule has 4 amide bonds. The first-order valence-electron chi connectivity index (χ1n) is 19.8. The molecule has 1 unspecified atom stereocenters. The number of pyridine rings is 3. The number of nitrogens with one attached hydrogen (secondary N) is 1. The van der Waals surface area contributed by atoms with Gasteiger partial charge in [-0.15, -0.1) is 0 Å². The van der Waals surface area contributed by atoms with Crippen molar-refractivity contribution < 1.29 is 33.4 Å². The molecule has 0 bridgehead atoms. The molecule has 2 fully saturated rings. The molecule has 4 aromatic heterocycles. The maximum Gasteiger partial charge on any atom is 0.262 e. The molecule has 1 atom stereocenters. The highest BCUT2D eigenvalue weighted by Crippen LogP contribution is 2.34. The lowest BCUT2D eigenvalue weighted by Gasteiger charge is -2.34. The minimum Gasteiger partial charge on any atom is -0.494 e. The van der Waals surface area contributed by atoms with E-state index in [1.165, 1.54) is 5.39 Å². The number of rotatable bonds is 14. The summed E-state index contributed by atoms with van der Waals surface area (Å²) in [7, 11) is 2.08. The Morgan fingerprint density at radius 3 is 2.34 bits per heavy atom. The Morgan fingerprint density at radius 1 is 0.724 bits per heavy atom. The number of carbonyl (C=O) groups excluding carboxylic acids is 4. The summed E-state index contributed by atoms with van der Waals surface area (Å²) in [5, 5.41) is 4.54. The van der Waals surface area contributed by atoms with Crippen molar-refractivity contribution in [2.24, 2.45) is 7.05 Å². The fraction of sp³-hybridized carbons (Fsp3) is 0.311. The third-order valence-electron chi connectivity index (χ3n) is 11.3. The summed E-state index contributed by atoms with van der Waals surface area (Å²) in [6.45, 7) is 0.473. The molecule has 13 nitrogen and oxygen atoms in total. The van der Waals surface area contributed by atoms with Gasteiger partial charge in [-0.3, -0.25) is 39.4 Å². The number of hydrogen-bond acceptors (Lipinski definition) is 10. The number of aryl methyl sites for hydroxylation is 2. The van der Waals surface area contributed by atoms with E-state index in [9.17, 15) is 19.2 Å². The van der Waals surface area contributed by atoms with Crippen molar-refractivity contribution in [2.45, 2.75) is 76.0 Å². The summed E-state index contributed by atoms with van der Waals surface area (Å²) in [4.78, 5) is 64.2. The van der Waals surface area contributed by atoms with E-state index in [1.807, 2.05) is 42.9 Å². The number of aromatic nitrogens is 4. The normalized spacial score (nSPS) is 19.0. The van der Waals surface area contributed by atoms with E-state index in [0.717, 1.165) is 88.8 Å². The lowest BCUT2D eigenvalue weighted by atomic mass is 9.92. The van der Waals surface area contributed by atoms with E-state index < -0.39 is 29.7 Å². The minimum atomic E-state index is -0.990. The van der Waals surface area contributed by atoms with Crippen molar-refractivity contribution in [1.82, 2.24) is 29.7 Å². The molecule has 2 aromatic carbocycles. The van der Waals surface area contributed by atoms with Gasteiger partial charge in [0.1, 0.15) is 29.7 Å². The molecule has 1 aliphatic carbocycles. The number of carbonyl (C=O) groups is 4. The van der Waals surface area contributed by atoms with Crippen LogP contribution < -0.4 is 19.5 Å². The van der Waals surface area contributed by atoms with E-state index in [2.05, 4.69) is 56.1 Å². The predicted octanol–water partition coefficient (Wildman–Crippen LogP) is 6.76. The Labute approximate surface area is 334 Å². The van der Waals surface area contributed by atoms with E-state index in [1.54, 1.807) is 24.4 Å². The number of amides is 4. The van der Waals surface area contributed by atoms with Gasteiger partial charge in [0.05, 0.1) is 29.4 Å². The summed E-state index contributed by atoms with van der Waals surface area (Å²) in [6, 6.07) is 20.3. The Bertz CT molecular complexity index is 2550. The average Bonchev–Trinajstić information content (AvgIpc) is 3.65. The SMILES string of the molecule is Cn1c2ccncc2c2ccc(-c3ccc(OC4CC(Oc5ccc(CCCCCCOc6ccc7c(c6)C(=O)N(C6CCC(=O)NC6=O)C7=O)nc5)C4)nc3)cc21. The molecule has 6 aromatic rings. The molecule has 0 radical (unpaired) electrons. The second kappa shape index (κ2) is 15.7. The molecule has 9 rings (SSSR count). The number of hydrogen-bond donors (Lipinski definition) is 1. The summed E-state index contributed by atoms with van der Waals surface area (Å²) < 4.78 is 20.4. The fourth-order valence-corrected chi connectivity index (χ4v) is 8.05. The lowest BCUT2D eigenvalue weighted by Crippen LogP contribution is -2.54. The van der Waals surface area contributed by atoms with Gasteiger partial charge < -0.3 is 18.8 Å². The third kappa shape index (κ3) is 7.35. The Morgan fingerprint density at radius 2 is 1.53 bits per heavy atom. The van der Waals surface area contributed by atoms with Crippen LogP contribution >= 0.6 is 0 Å². The Kier molecular flexibility index (Phi) is 10.0. The number of unbranched alkanes of at least 4 members (excludes halogenated alkanes) is 3. The van der Waals surface area contributed by atoms with Crippen LogP contribution in [0.25, 0.3) is 32.9 Å². The summed E-state index contributed by atoms with van der Waals surface area (Å²) >= 11 is 0. The number of fused-ring (bicyclic) bond motifs is 4. The molecule has 1 N–H and O–H groups in total. The highest BCUT2D eigenvalue weighted by molar-refractivity contribution is 6.23. The minimum absolute atomic E-state index is 0.0582. The summed E-state index contributed by atoms with van der Waals surface area (Å²) in [5.74, 6) is -0.245. The van der Waals surface area contributed by atoms with Crippen molar-refractivity contribution in [3.8, 4) is 28.5 Å². The zero-order chi connectivity index (χ0) is 39.8. The molecular weight excluding hydrogens is 737 g/mol. The van der Waals surface area contributed by atoms with Crippen LogP contribution in [0.5, 0.6) is 17.4 Å². The lowest BCUT2D eigenvalue weighted by molar-refractivity contribution is -0.136. The molecule has 3 aliphatic rings. The number of imide groups is 2. The van der Waals surface area contributed by atoms with Crippen LogP contribution in [-0.4, -0.2) is 72.9 Å². The molecule has 2 aliphatic heterocycles. The van der Waals surface area contributed by atoms with E-state index in [4.69, 9.17) is 14.2 Å². The molecule has 0 spiro atoms. The van der Waals surface area contributed by atoms with Gasteiger partial charge in [-0.25, -0.2) is 4.98 Å². The molecule has 1 saturated heterocycles. The van der Waals surface area contributed by atoms with Crippen LogP contribution in [0.2, 0.25) is 0 Å². The smallest absolute Gasteiger partial charge is 0.262 e. The van der Waals surface area contributed by atoms with Gasteiger partial charge in [-0.1, -0.05) is 25.0 Å². The zero-order valence-electron chi connectivity index (χ0n) is 32.1. The Hall–Kier alpha value is -6.63. The van der Waals surface area contributed by atoms with Gasteiger partial charge in [0.2, 0.25) is 17.7 Å². The molecule has 6 heterocycles. The number of piperidine rings is 1. The van der Waals surface area contributed by atoms with Crippen LogP contribution in [-0.2, 0) is 23.1 Å². The van der Waals surface area contributed by atoms with Crippen LogP contribution in [0, 0.1) is 0 Å². The number of nitrogens with zero attached hydrogens (tertiary/aromatic N) is 5. The summed E-state index contributed by atoms with van der Waals surface area (Å²) in [5.41, 5.74) is 5.91. The van der Waals surface area contributed by atoms with Gasteiger partial charge in [-0.05, 0) is 79.8 Å². The molecule has 1 saturated carbocycles. The zero-order valence-corrected chi connectivity index (χ0v) is 32.1. The summed E-state index contributed by atoms with van der Waals surface area (Å²) in [6.07, 6.45) is 14.0. The van der Waals surface area contributed by atoms with Crippen molar-refractivity contribution >= 4 is 45.4 Å². The van der Waals surface area contributed by atoms with Crippen molar-refractivity contribution in [3.63, 3.8) is 0 Å². The third-order valence-corrected chi connectivity index (χ3v) is 11.3. The van der Waals surface area contributed by atoms with E-state index in [-0.39, 0.29) is 36.2 Å². The van der Waals surface area contributed by atoms with Crippen LogP contribution in [0.4, 0.5) is 0 Å². The average molecular weight is 779 g/mol. The standard InChI is InChI=1S/C45H42N6O7/c1-50-38-17-18-46-26-37(38)34-12-7-27(20-40(34)50)28-8-16-42(48-24-28)58-33-21-32(22-33)57-31-10-9-29(47-25-31)6-4-2-3-5-19-56-30-11-13-35-36(23-30)45(55)51(44(35)54)39-14-15-41(52)49-43(39)53/h7-13,16-18,20,23-26,32-33,39H,2-6,14-15,19,21-22H2,1H3,(H,49,52,53). The van der Waals surface area contributed by atoms with E-state index in [0.29, 0.717) is 18.2 Å². The van der Waals surface area contributed by atoms with Crippen LogP contribution in [0.15, 0.2) is 91.5 Å². The Balaban J connectivity index is 0.664. The van der Waals surface area contributed by atoms with Crippen molar-refractivity contribution in [2.75, 3.05) is 6.61 Å². The van der Waals surface area contributed by atoms with Crippen molar-refractivity contribution in [3.05, 3.63) is 108 Å². The van der Waals surface area contributed by atoms with Gasteiger partial charge >= 0.3 is 0 Å².